The Labute approximate surface area is 91.6 Å². The summed E-state index contributed by atoms with van der Waals surface area (Å²) >= 11 is 3.32. The van der Waals surface area contributed by atoms with E-state index < -0.39 is 0 Å². The van der Waals surface area contributed by atoms with E-state index in [2.05, 4.69) is 20.9 Å². The molecule has 0 saturated heterocycles. The summed E-state index contributed by atoms with van der Waals surface area (Å²) in [7, 11) is 0. The second kappa shape index (κ2) is 5.75. The first-order valence-electron chi connectivity index (χ1n) is 4.49. The summed E-state index contributed by atoms with van der Waals surface area (Å²) in [5.74, 6) is -0.164. The van der Waals surface area contributed by atoms with Gasteiger partial charge in [-0.3, -0.25) is 4.79 Å². The Morgan fingerprint density at radius 3 is 3.07 bits per heavy atom. The van der Waals surface area contributed by atoms with Crippen LogP contribution in [0.3, 0.4) is 0 Å². The van der Waals surface area contributed by atoms with E-state index in [1.54, 1.807) is 13.1 Å². The highest BCUT2D eigenvalue weighted by molar-refractivity contribution is 9.10. The molecule has 76 valence electrons. The van der Waals surface area contributed by atoms with Crippen molar-refractivity contribution >= 4 is 21.9 Å². The van der Waals surface area contributed by atoms with Gasteiger partial charge in [0.15, 0.2) is 0 Å². The van der Waals surface area contributed by atoms with Crippen molar-refractivity contribution in [3.63, 3.8) is 0 Å². The van der Waals surface area contributed by atoms with Gasteiger partial charge in [0.25, 0.3) is 0 Å². The van der Waals surface area contributed by atoms with Gasteiger partial charge in [0.2, 0.25) is 0 Å². The molecule has 0 saturated carbocycles. The van der Waals surface area contributed by atoms with Gasteiger partial charge in [0.05, 0.1) is 6.61 Å². The number of carbonyl (C=O) groups excluding carboxylic acids is 1. The molecule has 1 heterocycles. The lowest BCUT2D eigenvalue weighted by molar-refractivity contribution is -0.143. The normalized spacial score (nSPS) is 9.86. The maximum Gasteiger partial charge on any atom is 0.306 e. The lowest BCUT2D eigenvalue weighted by Crippen LogP contribution is -2.05. The summed E-state index contributed by atoms with van der Waals surface area (Å²) in [6.45, 7) is 2.24. The van der Waals surface area contributed by atoms with E-state index >= 15 is 0 Å². The molecule has 0 spiro atoms. The highest BCUT2D eigenvalue weighted by Gasteiger charge is 2.05. The van der Waals surface area contributed by atoms with E-state index in [9.17, 15) is 4.79 Å². The summed E-state index contributed by atoms with van der Waals surface area (Å²) in [4.78, 5) is 15.1. The van der Waals surface area contributed by atoms with Gasteiger partial charge in [0, 0.05) is 12.6 Å². The lowest BCUT2D eigenvalue weighted by atomic mass is 10.2. The molecule has 0 aliphatic heterocycles. The average Bonchev–Trinajstić information content (AvgIpc) is 2.17. The molecule has 0 aliphatic rings. The quantitative estimate of drug-likeness (QED) is 0.614. The van der Waals surface area contributed by atoms with Crippen LogP contribution in [-0.2, 0) is 16.0 Å². The fourth-order valence-corrected chi connectivity index (χ4v) is 1.52. The molecule has 1 aromatic rings. The first-order chi connectivity index (χ1) is 6.74. The van der Waals surface area contributed by atoms with Crippen molar-refractivity contribution in [1.29, 1.82) is 0 Å². The molecule has 14 heavy (non-hydrogen) atoms. The minimum atomic E-state index is -0.164. The predicted octanol–water partition coefficient (Wildman–Crippen LogP) is 2.34. The number of carbonyl (C=O) groups is 1. The number of aryl methyl sites for hydroxylation is 1. The summed E-state index contributed by atoms with van der Waals surface area (Å²) in [6, 6.07) is 3.79. The zero-order valence-electron chi connectivity index (χ0n) is 8.00. The molecule has 0 bridgehead atoms. The molecule has 0 unspecified atom stereocenters. The van der Waals surface area contributed by atoms with Gasteiger partial charge in [-0.25, -0.2) is 4.98 Å². The Morgan fingerprint density at radius 1 is 1.64 bits per heavy atom. The average molecular weight is 258 g/mol. The molecular weight excluding hydrogens is 246 g/mol. The standard InChI is InChI=1S/C10H12BrNO2/c1-2-14-9(13)6-5-8-4-3-7-12-10(8)11/h3-4,7H,2,5-6H2,1H3. The van der Waals surface area contributed by atoms with E-state index in [0.717, 1.165) is 10.2 Å². The second-order valence-corrected chi connectivity index (χ2v) is 3.51. The Balaban J connectivity index is 2.46. The summed E-state index contributed by atoms with van der Waals surface area (Å²) in [6.07, 6.45) is 2.77. The second-order valence-electron chi connectivity index (χ2n) is 2.76. The monoisotopic (exact) mass is 257 g/mol. The molecule has 4 heteroatoms. The summed E-state index contributed by atoms with van der Waals surface area (Å²) in [5, 5.41) is 0. The van der Waals surface area contributed by atoms with E-state index in [-0.39, 0.29) is 5.97 Å². The fraction of sp³-hybridized carbons (Fsp3) is 0.400. The van der Waals surface area contributed by atoms with Crippen LogP contribution in [0, 0.1) is 0 Å². The van der Waals surface area contributed by atoms with Crippen molar-refractivity contribution in [3.8, 4) is 0 Å². The van der Waals surface area contributed by atoms with Gasteiger partial charge in [0.1, 0.15) is 4.60 Å². The Hall–Kier alpha value is -0.900. The van der Waals surface area contributed by atoms with Crippen LogP contribution in [0.15, 0.2) is 22.9 Å². The van der Waals surface area contributed by atoms with Gasteiger partial charge in [-0.05, 0) is 40.9 Å². The molecule has 0 fully saturated rings. The third kappa shape index (κ3) is 3.46. The topological polar surface area (TPSA) is 39.2 Å². The van der Waals surface area contributed by atoms with Gasteiger partial charge in [-0.1, -0.05) is 6.07 Å². The van der Waals surface area contributed by atoms with Crippen molar-refractivity contribution in [2.45, 2.75) is 19.8 Å². The van der Waals surface area contributed by atoms with Crippen molar-refractivity contribution in [2.75, 3.05) is 6.61 Å². The molecule has 3 nitrogen and oxygen atoms in total. The number of ether oxygens (including phenoxy) is 1. The first-order valence-corrected chi connectivity index (χ1v) is 5.28. The minimum absolute atomic E-state index is 0.164. The van der Waals surface area contributed by atoms with Crippen molar-refractivity contribution in [2.24, 2.45) is 0 Å². The fourth-order valence-electron chi connectivity index (χ4n) is 1.08. The largest absolute Gasteiger partial charge is 0.466 e. The van der Waals surface area contributed by atoms with Crippen LogP contribution in [-0.4, -0.2) is 17.6 Å². The number of pyridine rings is 1. The Morgan fingerprint density at radius 2 is 2.43 bits per heavy atom. The van der Waals surface area contributed by atoms with E-state index in [1.807, 2.05) is 12.1 Å². The van der Waals surface area contributed by atoms with Crippen LogP contribution in [0.2, 0.25) is 0 Å². The molecule has 0 atom stereocenters. The minimum Gasteiger partial charge on any atom is -0.466 e. The van der Waals surface area contributed by atoms with E-state index in [0.29, 0.717) is 19.4 Å². The van der Waals surface area contributed by atoms with Crippen LogP contribution < -0.4 is 0 Å². The van der Waals surface area contributed by atoms with Crippen molar-refractivity contribution in [1.82, 2.24) is 4.98 Å². The number of aromatic nitrogens is 1. The van der Waals surface area contributed by atoms with E-state index in [1.165, 1.54) is 0 Å². The lowest BCUT2D eigenvalue weighted by Gasteiger charge is -2.03. The predicted molar refractivity (Wildman–Crippen MR) is 56.9 cm³/mol. The number of rotatable bonds is 4. The molecule has 0 amide bonds. The van der Waals surface area contributed by atoms with Gasteiger partial charge in [-0.2, -0.15) is 0 Å². The summed E-state index contributed by atoms with van der Waals surface area (Å²) < 4.78 is 5.62. The molecule has 0 N–H and O–H groups in total. The van der Waals surface area contributed by atoms with Crippen LogP contribution >= 0.6 is 15.9 Å². The smallest absolute Gasteiger partial charge is 0.306 e. The first kappa shape index (κ1) is 11.2. The van der Waals surface area contributed by atoms with Crippen molar-refractivity contribution in [3.05, 3.63) is 28.5 Å². The van der Waals surface area contributed by atoms with Crippen molar-refractivity contribution < 1.29 is 9.53 Å². The zero-order chi connectivity index (χ0) is 10.4. The van der Waals surface area contributed by atoms with Gasteiger partial charge >= 0.3 is 5.97 Å². The Bertz CT molecular complexity index is 315. The molecule has 1 aromatic heterocycles. The highest BCUT2D eigenvalue weighted by Crippen LogP contribution is 2.14. The summed E-state index contributed by atoms with van der Waals surface area (Å²) in [5.41, 5.74) is 1.03. The van der Waals surface area contributed by atoms with E-state index in [4.69, 9.17) is 4.74 Å². The number of halogens is 1. The maximum atomic E-state index is 11.1. The number of hydrogen-bond donors (Lipinski definition) is 0. The van der Waals surface area contributed by atoms with Gasteiger partial charge in [-0.15, -0.1) is 0 Å². The van der Waals surface area contributed by atoms with Crippen LogP contribution in [0.25, 0.3) is 0 Å². The van der Waals surface area contributed by atoms with Crippen LogP contribution in [0.1, 0.15) is 18.9 Å². The van der Waals surface area contributed by atoms with Crippen LogP contribution in [0.5, 0.6) is 0 Å². The Kier molecular flexibility index (Phi) is 4.59. The number of nitrogens with zero attached hydrogens (tertiary/aromatic N) is 1. The van der Waals surface area contributed by atoms with Gasteiger partial charge < -0.3 is 4.74 Å². The molecule has 1 rings (SSSR count). The maximum absolute atomic E-state index is 11.1. The number of esters is 1. The molecule has 0 aromatic carbocycles. The number of hydrogen-bond acceptors (Lipinski definition) is 3. The third-order valence-corrected chi connectivity index (χ3v) is 2.45. The molecule has 0 aliphatic carbocycles. The SMILES string of the molecule is CCOC(=O)CCc1cccnc1Br. The zero-order valence-corrected chi connectivity index (χ0v) is 9.58. The molecular formula is C10H12BrNO2. The highest BCUT2D eigenvalue weighted by atomic mass is 79.9. The third-order valence-electron chi connectivity index (χ3n) is 1.74. The van der Waals surface area contributed by atoms with Crippen LogP contribution in [0.4, 0.5) is 0 Å². The molecule has 0 radical (unpaired) electrons.